The summed E-state index contributed by atoms with van der Waals surface area (Å²) in [6.07, 6.45) is 2.03. The van der Waals surface area contributed by atoms with Gasteiger partial charge in [-0.2, -0.15) is 0 Å². The fraction of sp³-hybridized carbons (Fsp3) is 0.500. The number of hydrogen-bond acceptors (Lipinski definition) is 4. The topological polar surface area (TPSA) is 72.6 Å². The number of rotatable bonds is 3. The van der Waals surface area contributed by atoms with Crippen LogP contribution in [0.4, 0.5) is 10.1 Å². The molecular weight excluding hydrogens is 241 g/mol. The summed E-state index contributed by atoms with van der Waals surface area (Å²) >= 11 is 0. The van der Waals surface area contributed by atoms with Crippen LogP contribution in [0.2, 0.25) is 0 Å². The predicted octanol–water partition coefficient (Wildman–Crippen LogP) is 2.42. The van der Waals surface area contributed by atoms with E-state index in [4.69, 9.17) is 4.74 Å². The minimum absolute atomic E-state index is 0.00681. The number of nitro groups is 1. The van der Waals surface area contributed by atoms with E-state index in [1.807, 2.05) is 0 Å². The molecule has 1 aromatic rings. The van der Waals surface area contributed by atoms with Gasteiger partial charge in [-0.1, -0.05) is 6.42 Å². The molecule has 0 saturated heterocycles. The van der Waals surface area contributed by atoms with E-state index in [1.54, 1.807) is 0 Å². The lowest BCUT2D eigenvalue weighted by Crippen LogP contribution is -2.34. The molecule has 0 spiro atoms. The predicted molar refractivity (Wildman–Crippen MR) is 61.9 cm³/mol. The maximum atomic E-state index is 13.0. The number of aliphatic hydroxyl groups is 1. The number of ether oxygens (including phenoxy) is 1. The molecule has 1 aliphatic carbocycles. The van der Waals surface area contributed by atoms with Gasteiger partial charge in [-0.25, -0.2) is 4.39 Å². The Labute approximate surface area is 103 Å². The molecule has 1 aromatic carbocycles. The molecule has 2 atom stereocenters. The largest absolute Gasteiger partial charge is 0.481 e. The Kier molecular flexibility index (Phi) is 3.76. The minimum Gasteiger partial charge on any atom is -0.481 e. The first kappa shape index (κ1) is 12.8. The zero-order chi connectivity index (χ0) is 13.1. The maximum Gasteiger partial charge on any atom is 0.313 e. The monoisotopic (exact) mass is 255 g/mol. The summed E-state index contributed by atoms with van der Waals surface area (Å²) in [5.41, 5.74) is -0.409. The van der Waals surface area contributed by atoms with Crippen molar-refractivity contribution in [3.8, 4) is 5.75 Å². The first-order valence-electron chi connectivity index (χ1n) is 5.86. The van der Waals surface area contributed by atoms with Crippen molar-refractivity contribution in [1.29, 1.82) is 0 Å². The minimum atomic E-state index is -0.687. The Morgan fingerprint density at radius 2 is 2.11 bits per heavy atom. The standard InChI is InChI=1S/C12H14FNO4/c13-8-5-6-11(9(7-8)14(16)17)18-12-4-2-1-3-10(12)15/h5-7,10,12,15H,1-4H2. The molecule has 1 fully saturated rings. The van der Waals surface area contributed by atoms with Crippen molar-refractivity contribution in [2.75, 3.05) is 0 Å². The number of halogens is 1. The number of nitrogens with zero attached hydrogens (tertiary/aromatic N) is 1. The molecule has 0 heterocycles. The normalized spacial score (nSPS) is 23.7. The molecular formula is C12H14FNO4. The van der Waals surface area contributed by atoms with E-state index in [1.165, 1.54) is 6.07 Å². The van der Waals surface area contributed by atoms with E-state index in [0.717, 1.165) is 25.0 Å². The molecule has 6 heteroatoms. The SMILES string of the molecule is O=[N+]([O-])c1cc(F)ccc1OC1CCCCC1O. The highest BCUT2D eigenvalue weighted by Gasteiger charge is 2.27. The Morgan fingerprint density at radius 1 is 1.39 bits per heavy atom. The zero-order valence-corrected chi connectivity index (χ0v) is 9.71. The van der Waals surface area contributed by atoms with Gasteiger partial charge in [0.2, 0.25) is 0 Å². The summed E-state index contributed by atoms with van der Waals surface area (Å²) in [6.45, 7) is 0. The lowest BCUT2D eigenvalue weighted by atomic mass is 9.95. The average molecular weight is 255 g/mol. The number of nitro benzene ring substituents is 1. The second-order valence-electron chi connectivity index (χ2n) is 4.38. The van der Waals surface area contributed by atoms with Crippen molar-refractivity contribution in [1.82, 2.24) is 0 Å². The van der Waals surface area contributed by atoms with Crippen LogP contribution in [0.25, 0.3) is 0 Å². The van der Waals surface area contributed by atoms with Crippen LogP contribution in [-0.4, -0.2) is 22.2 Å². The third-order valence-electron chi connectivity index (χ3n) is 3.06. The van der Waals surface area contributed by atoms with Gasteiger partial charge in [0.15, 0.2) is 5.75 Å². The first-order valence-corrected chi connectivity index (χ1v) is 5.86. The van der Waals surface area contributed by atoms with Gasteiger partial charge in [0.1, 0.15) is 11.9 Å². The third kappa shape index (κ3) is 2.76. The van der Waals surface area contributed by atoms with Crippen molar-refractivity contribution in [2.45, 2.75) is 37.9 Å². The molecule has 1 saturated carbocycles. The number of benzene rings is 1. The maximum absolute atomic E-state index is 13.0. The fourth-order valence-corrected chi connectivity index (χ4v) is 2.11. The van der Waals surface area contributed by atoms with Crippen molar-refractivity contribution in [2.24, 2.45) is 0 Å². The van der Waals surface area contributed by atoms with Crippen molar-refractivity contribution in [3.63, 3.8) is 0 Å². The van der Waals surface area contributed by atoms with Gasteiger partial charge in [-0.3, -0.25) is 10.1 Å². The third-order valence-corrected chi connectivity index (χ3v) is 3.06. The van der Waals surface area contributed by atoms with Crippen LogP contribution < -0.4 is 4.74 Å². The van der Waals surface area contributed by atoms with Gasteiger partial charge in [0.25, 0.3) is 0 Å². The summed E-state index contributed by atoms with van der Waals surface area (Å²) in [5, 5.41) is 20.5. The van der Waals surface area contributed by atoms with E-state index in [-0.39, 0.29) is 5.75 Å². The summed E-state index contributed by atoms with van der Waals surface area (Å²) in [6, 6.07) is 3.16. The second kappa shape index (κ2) is 5.30. The molecule has 1 aliphatic rings. The Bertz CT molecular complexity index is 452. The van der Waals surface area contributed by atoms with Crippen LogP contribution in [0.15, 0.2) is 18.2 Å². The molecule has 98 valence electrons. The Morgan fingerprint density at radius 3 is 2.78 bits per heavy atom. The fourth-order valence-electron chi connectivity index (χ4n) is 2.11. The molecule has 0 bridgehead atoms. The van der Waals surface area contributed by atoms with Gasteiger partial charge < -0.3 is 9.84 Å². The average Bonchev–Trinajstić information content (AvgIpc) is 2.34. The van der Waals surface area contributed by atoms with Gasteiger partial charge >= 0.3 is 5.69 Å². The smallest absolute Gasteiger partial charge is 0.313 e. The second-order valence-corrected chi connectivity index (χ2v) is 4.38. The van der Waals surface area contributed by atoms with Crippen LogP contribution in [0.1, 0.15) is 25.7 Å². The van der Waals surface area contributed by atoms with Crippen LogP contribution in [-0.2, 0) is 0 Å². The Hall–Kier alpha value is -1.69. The van der Waals surface area contributed by atoms with Gasteiger partial charge in [0.05, 0.1) is 17.1 Å². The molecule has 5 nitrogen and oxygen atoms in total. The number of aliphatic hydroxyl groups excluding tert-OH is 1. The van der Waals surface area contributed by atoms with Gasteiger partial charge in [0, 0.05) is 0 Å². The van der Waals surface area contributed by atoms with E-state index in [9.17, 15) is 19.6 Å². The summed E-state index contributed by atoms with van der Waals surface area (Å²) in [7, 11) is 0. The molecule has 0 amide bonds. The molecule has 0 aromatic heterocycles. The lowest BCUT2D eigenvalue weighted by Gasteiger charge is -2.27. The van der Waals surface area contributed by atoms with Crippen LogP contribution >= 0.6 is 0 Å². The molecule has 0 aliphatic heterocycles. The summed E-state index contributed by atoms with van der Waals surface area (Å²) < 4.78 is 18.4. The highest BCUT2D eigenvalue weighted by atomic mass is 19.1. The van der Waals surface area contributed by atoms with Gasteiger partial charge in [-0.15, -0.1) is 0 Å². The van der Waals surface area contributed by atoms with Gasteiger partial charge in [-0.05, 0) is 31.4 Å². The Balaban J connectivity index is 2.20. The molecule has 2 rings (SSSR count). The van der Waals surface area contributed by atoms with Crippen molar-refractivity contribution >= 4 is 5.69 Å². The van der Waals surface area contributed by atoms with Crippen LogP contribution in [0.5, 0.6) is 5.75 Å². The van der Waals surface area contributed by atoms with E-state index >= 15 is 0 Å². The van der Waals surface area contributed by atoms with Crippen LogP contribution in [0.3, 0.4) is 0 Å². The zero-order valence-electron chi connectivity index (χ0n) is 9.71. The van der Waals surface area contributed by atoms with Crippen molar-refractivity contribution in [3.05, 3.63) is 34.1 Å². The van der Waals surface area contributed by atoms with E-state index in [0.29, 0.717) is 12.8 Å². The van der Waals surface area contributed by atoms with Crippen molar-refractivity contribution < 1.29 is 19.2 Å². The molecule has 2 unspecified atom stereocenters. The summed E-state index contributed by atoms with van der Waals surface area (Å²) in [5.74, 6) is -0.675. The first-order chi connectivity index (χ1) is 8.58. The highest BCUT2D eigenvalue weighted by molar-refractivity contribution is 5.46. The molecule has 1 N–H and O–H groups in total. The number of hydrogen-bond donors (Lipinski definition) is 1. The van der Waals surface area contributed by atoms with E-state index in [2.05, 4.69) is 0 Å². The lowest BCUT2D eigenvalue weighted by molar-refractivity contribution is -0.386. The van der Waals surface area contributed by atoms with E-state index < -0.39 is 28.6 Å². The quantitative estimate of drug-likeness (QED) is 0.665. The summed E-state index contributed by atoms with van der Waals surface area (Å²) in [4.78, 5) is 10.1. The highest BCUT2D eigenvalue weighted by Crippen LogP contribution is 2.31. The molecule has 18 heavy (non-hydrogen) atoms. The molecule has 0 radical (unpaired) electrons. The van der Waals surface area contributed by atoms with Crippen LogP contribution in [0, 0.1) is 15.9 Å².